The van der Waals surface area contributed by atoms with E-state index in [2.05, 4.69) is 57.2 Å². The van der Waals surface area contributed by atoms with Crippen LogP contribution in [0.15, 0.2) is 54.6 Å². The predicted molar refractivity (Wildman–Crippen MR) is 134 cm³/mol. The molecule has 0 aliphatic carbocycles. The highest BCUT2D eigenvalue weighted by Crippen LogP contribution is 2.33. The lowest BCUT2D eigenvalue weighted by molar-refractivity contribution is 0.406. The van der Waals surface area contributed by atoms with E-state index >= 15 is 0 Å². The molecule has 0 aliphatic rings. The van der Waals surface area contributed by atoms with Crippen LogP contribution >= 0.6 is 0 Å². The summed E-state index contributed by atoms with van der Waals surface area (Å²) >= 11 is 0. The molecule has 2 unspecified atom stereocenters. The molecule has 3 heteroatoms. The van der Waals surface area contributed by atoms with Crippen LogP contribution in [0.4, 0.5) is 4.39 Å². The molecule has 0 heterocycles. The molecule has 2 atom stereocenters. The van der Waals surface area contributed by atoms with Crippen LogP contribution in [-0.4, -0.2) is 7.11 Å². The minimum atomic E-state index is -0.290. The lowest BCUT2D eigenvalue weighted by atomic mass is 9.83. The van der Waals surface area contributed by atoms with Crippen LogP contribution in [0.1, 0.15) is 84.4 Å². The summed E-state index contributed by atoms with van der Waals surface area (Å²) in [5, 5.41) is 9.78. The quantitative estimate of drug-likeness (QED) is 0.355. The van der Waals surface area contributed by atoms with E-state index in [1.54, 1.807) is 13.2 Å². The number of para-hydroxylation sites is 1. The Morgan fingerprint density at radius 3 is 2.15 bits per heavy atom. The molecule has 0 saturated carbocycles. The van der Waals surface area contributed by atoms with E-state index < -0.39 is 0 Å². The average Bonchev–Trinajstić information content (AvgIpc) is 2.80. The summed E-state index contributed by atoms with van der Waals surface area (Å²) in [5.41, 5.74) is 7.04. The Morgan fingerprint density at radius 1 is 0.848 bits per heavy atom. The third-order valence-corrected chi connectivity index (χ3v) is 6.71. The van der Waals surface area contributed by atoms with Gasteiger partial charge in [-0.25, -0.2) is 4.39 Å². The number of ether oxygens (including phenoxy) is 1. The van der Waals surface area contributed by atoms with Crippen molar-refractivity contribution < 1.29 is 9.13 Å². The lowest BCUT2D eigenvalue weighted by Crippen LogP contribution is -2.08. The highest BCUT2D eigenvalue weighted by Gasteiger charge is 2.20. The Balaban J connectivity index is 1.88. The highest BCUT2D eigenvalue weighted by molar-refractivity contribution is 5.48. The Labute approximate surface area is 198 Å². The van der Waals surface area contributed by atoms with Crippen molar-refractivity contribution in [3.05, 3.63) is 99.4 Å². The van der Waals surface area contributed by atoms with Gasteiger partial charge in [-0.15, -0.1) is 0 Å². The van der Waals surface area contributed by atoms with Gasteiger partial charge in [0.2, 0.25) is 0 Å². The predicted octanol–water partition coefficient (Wildman–Crippen LogP) is 7.83. The summed E-state index contributed by atoms with van der Waals surface area (Å²) < 4.78 is 20.0. The standard InChI is InChI=1S/C30H34FNO/c1-19(2)30-27(18-32)24(14-15-28(30)31)17-20(3)25-12-9-10-23(22(25)5)16-21(4)26-11-7-8-13-29(26)33-6/h7-15,19-21H,16-17H2,1-6H3. The molecule has 33 heavy (non-hydrogen) atoms. The molecule has 0 spiro atoms. The molecule has 3 aromatic carbocycles. The molecule has 0 saturated heterocycles. The second-order valence-electron chi connectivity index (χ2n) is 9.35. The maximum absolute atomic E-state index is 14.4. The van der Waals surface area contributed by atoms with Gasteiger partial charge in [-0.05, 0) is 77.5 Å². The van der Waals surface area contributed by atoms with Gasteiger partial charge < -0.3 is 4.74 Å². The fraction of sp³-hybridized carbons (Fsp3) is 0.367. The van der Waals surface area contributed by atoms with Crippen LogP contribution in [0.25, 0.3) is 0 Å². The van der Waals surface area contributed by atoms with E-state index in [9.17, 15) is 9.65 Å². The Morgan fingerprint density at radius 2 is 1.48 bits per heavy atom. The molecular formula is C30H34FNO. The maximum atomic E-state index is 14.4. The van der Waals surface area contributed by atoms with Gasteiger partial charge in [0.1, 0.15) is 11.6 Å². The minimum absolute atomic E-state index is 0.0311. The highest BCUT2D eigenvalue weighted by atomic mass is 19.1. The van der Waals surface area contributed by atoms with E-state index in [4.69, 9.17) is 4.74 Å². The van der Waals surface area contributed by atoms with E-state index in [1.165, 1.54) is 28.3 Å². The first-order valence-corrected chi connectivity index (χ1v) is 11.7. The van der Waals surface area contributed by atoms with Crippen LogP contribution < -0.4 is 4.74 Å². The van der Waals surface area contributed by atoms with Crippen LogP contribution in [0, 0.1) is 24.1 Å². The first kappa shape index (κ1) is 24.5. The average molecular weight is 444 g/mol. The largest absolute Gasteiger partial charge is 0.496 e. The summed E-state index contributed by atoms with van der Waals surface area (Å²) in [4.78, 5) is 0. The van der Waals surface area contributed by atoms with Crippen molar-refractivity contribution in [2.24, 2.45) is 0 Å². The van der Waals surface area contributed by atoms with Gasteiger partial charge in [-0.2, -0.15) is 5.26 Å². The maximum Gasteiger partial charge on any atom is 0.127 e. The van der Waals surface area contributed by atoms with Gasteiger partial charge >= 0.3 is 0 Å². The van der Waals surface area contributed by atoms with Gasteiger partial charge in [0, 0.05) is 5.56 Å². The zero-order valence-electron chi connectivity index (χ0n) is 20.6. The summed E-state index contributed by atoms with van der Waals surface area (Å²) in [7, 11) is 1.72. The molecule has 0 N–H and O–H groups in total. The summed E-state index contributed by atoms with van der Waals surface area (Å²) in [5.74, 6) is 1.14. The molecular weight excluding hydrogens is 409 g/mol. The fourth-order valence-electron chi connectivity index (χ4n) is 4.92. The Kier molecular flexibility index (Phi) is 7.92. The van der Waals surface area contributed by atoms with Crippen molar-refractivity contribution >= 4 is 0 Å². The number of hydrogen-bond donors (Lipinski definition) is 0. The molecule has 0 aromatic heterocycles. The zero-order valence-corrected chi connectivity index (χ0v) is 20.6. The smallest absolute Gasteiger partial charge is 0.127 e. The van der Waals surface area contributed by atoms with Gasteiger partial charge in [-0.3, -0.25) is 0 Å². The normalized spacial score (nSPS) is 12.9. The Bertz CT molecular complexity index is 1160. The molecule has 172 valence electrons. The fourth-order valence-corrected chi connectivity index (χ4v) is 4.92. The van der Waals surface area contributed by atoms with Crippen LogP contribution in [0.2, 0.25) is 0 Å². The first-order valence-electron chi connectivity index (χ1n) is 11.7. The molecule has 2 nitrogen and oxygen atoms in total. The van der Waals surface area contributed by atoms with E-state index in [0.29, 0.717) is 23.5 Å². The number of nitriles is 1. The van der Waals surface area contributed by atoms with E-state index in [-0.39, 0.29) is 17.7 Å². The molecule has 0 fully saturated rings. The Hall–Kier alpha value is -3.12. The molecule has 0 amide bonds. The monoisotopic (exact) mass is 443 g/mol. The van der Waals surface area contributed by atoms with Crippen molar-refractivity contribution in [2.75, 3.05) is 7.11 Å². The summed E-state index contributed by atoms with van der Waals surface area (Å²) in [6.07, 6.45) is 1.62. The van der Waals surface area contributed by atoms with Gasteiger partial charge in [0.15, 0.2) is 0 Å². The number of methoxy groups -OCH3 is 1. The number of benzene rings is 3. The minimum Gasteiger partial charge on any atom is -0.496 e. The molecule has 3 aromatic rings. The van der Waals surface area contributed by atoms with E-state index in [0.717, 1.165) is 17.7 Å². The second kappa shape index (κ2) is 10.7. The van der Waals surface area contributed by atoms with E-state index in [1.807, 2.05) is 26.0 Å². The van der Waals surface area contributed by atoms with Crippen molar-refractivity contribution in [3.63, 3.8) is 0 Å². The lowest BCUT2D eigenvalue weighted by Gasteiger charge is -2.21. The number of halogens is 1. The third kappa shape index (κ3) is 5.28. The van der Waals surface area contributed by atoms with Crippen molar-refractivity contribution in [1.29, 1.82) is 5.26 Å². The third-order valence-electron chi connectivity index (χ3n) is 6.71. The van der Waals surface area contributed by atoms with Gasteiger partial charge in [0.25, 0.3) is 0 Å². The van der Waals surface area contributed by atoms with Gasteiger partial charge in [0.05, 0.1) is 18.7 Å². The molecule has 0 radical (unpaired) electrons. The number of rotatable bonds is 8. The van der Waals surface area contributed by atoms with Crippen LogP contribution in [0.5, 0.6) is 5.75 Å². The SMILES string of the molecule is COc1ccccc1C(C)Cc1cccc(C(C)Cc2ccc(F)c(C(C)C)c2C#N)c1C. The van der Waals surface area contributed by atoms with Crippen LogP contribution in [-0.2, 0) is 12.8 Å². The summed E-state index contributed by atoms with van der Waals surface area (Å²) in [6.45, 7) is 10.5. The summed E-state index contributed by atoms with van der Waals surface area (Å²) in [6, 6.07) is 20.3. The second-order valence-corrected chi connectivity index (χ2v) is 9.35. The molecule has 0 aliphatic heterocycles. The molecule has 0 bridgehead atoms. The van der Waals surface area contributed by atoms with Crippen molar-refractivity contribution in [2.45, 2.75) is 65.2 Å². The van der Waals surface area contributed by atoms with Crippen molar-refractivity contribution in [3.8, 4) is 11.8 Å². The topological polar surface area (TPSA) is 33.0 Å². The number of nitrogens with zero attached hydrogens (tertiary/aromatic N) is 1. The van der Waals surface area contributed by atoms with Crippen LogP contribution in [0.3, 0.4) is 0 Å². The first-order chi connectivity index (χ1) is 15.8. The zero-order chi connectivity index (χ0) is 24.1. The number of hydrogen-bond acceptors (Lipinski definition) is 2. The molecule has 3 rings (SSSR count). The van der Waals surface area contributed by atoms with Gasteiger partial charge in [-0.1, -0.05) is 70.2 Å². The van der Waals surface area contributed by atoms with Crippen molar-refractivity contribution in [1.82, 2.24) is 0 Å².